The number of aliphatic hydroxyl groups is 6. The fraction of sp³-hybridized carbons (Fsp3) is 0.552. The van der Waals surface area contributed by atoms with Gasteiger partial charge in [-0.3, -0.25) is 112 Å². The Morgan fingerprint density at radius 2 is 0.869 bits per heavy atom. The van der Waals surface area contributed by atoms with Crippen LogP contribution in [0.4, 0.5) is 17.6 Å². The van der Waals surface area contributed by atoms with E-state index >= 15 is 0 Å². The maximum Gasteiger partial charge on any atom is 0.472 e. The Morgan fingerprint density at radius 1 is 0.451 bits per heavy atom. The summed E-state index contributed by atoms with van der Waals surface area (Å²) in [6.07, 6.45) is -37.2. The first kappa shape index (κ1) is 89.6. The van der Waals surface area contributed by atoms with Crippen LogP contribution in [0.2, 0.25) is 0 Å². The average molecular weight is 1830 g/mol. The minimum atomic E-state index is -6.02. The number of aliphatic hydroxyl groups excluding tert-OH is 6. The van der Waals surface area contributed by atoms with E-state index in [1.54, 1.807) is 0 Å². The third-order valence-corrected chi connectivity index (χ3v) is 24.6. The summed E-state index contributed by atoms with van der Waals surface area (Å²) in [6, 6.07) is 1.80. The van der Waals surface area contributed by atoms with E-state index in [2.05, 4.69) is 39.9 Å². The quantitative estimate of drug-likeness (QED) is 0.0174. The molecule has 0 amide bonds. The van der Waals surface area contributed by atoms with E-state index in [0.29, 0.717) is 9.13 Å². The van der Waals surface area contributed by atoms with Gasteiger partial charge < -0.3 is 101 Å². The van der Waals surface area contributed by atoms with Crippen molar-refractivity contribution in [2.75, 3.05) is 56.8 Å². The smallest absolute Gasteiger partial charge is 0.394 e. The van der Waals surface area contributed by atoms with Crippen molar-refractivity contribution in [3.8, 4) is 0 Å². The highest BCUT2D eigenvalue weighted by Crippen LogP contribution is 2.57. The molecular formula is C58H74N19O40P5. The predicted octanol–water partition coefficient (Wildman–Crippen LogP) is -7.30. The summed E-state index contributed by atoms with van der Waals surface area (Å²) in [4.78, 5) is 190. The van der Waals surface area contributed by atoms with E-state index in [4.69, 9.17) is 90.9 Å². The van der Waals surface area contributed by atoms with Gasteiger partial charge in [0.05, 0.1) is 58.4 Å². The molecule has 0 saturated carbocycles. The van der Waals surface area contributed by atoms with Gasteiger partial charge in [-0.15, -0.1) is 0 Å². The van der Waals surface area contributed by atoms with Crippen molar-refractivity contribution in [3.05, 3.63) is 150 Å². The molecule has 14 heterocycles. The van der Waals surface area contributed by atoms with Crippen LogP contribution in [0.25, 0.3) is 22.3 Å². The molecule has 6 fully saturated rings. The number of hydrogen-bond donors (Lipinski definition) is 18. The van der Waals surface area contributed by atoms with Gasteiger partial charge in [-0.2, -0.15) is 9.97 Å². The molecule has 122 heavy (non-hydrogen) atoms. The molecule has 6 saturated heterocycles. The summed E-state index contributed by atoms with van der Waals surface area (Å²) in [5.74, 6) is -0.997. The number of nitrogen functional groups attached to an aromatic ring is 3. The number of imidazole rings is 2. The number of fused-ring (bicyclic) bond motifs is 2. The van der Waals surface area contributed by atoms with Crippen molar-refractivity contribution in [3.63, 3.8) is 0 Å². The first-order chi connectivity index (χ1) is 57.4. The topological polar surface area (TPSA) is 840 Å². The number of nitrogens with zero attached hydrogens (tertiary/aromatic N) is 12. The second kappa shape index (κ2) is 35.0. The number of nitrogens with one attached hydrogen (secondary N) is 4. The van der Waals surface area contributed by atoms with Crippen molar-refractivity contribution in [2.24, 2.45) is 0 Å². The van der Waals surface area contributed by atoms with Crippen molar-refractivity contribution in [1.29, 1.82) is 0 Å². The highest BCUT2D eigenvalue weighted by atomic mass is 31.2. The molecule has 59 nitrogen and oxygen atoms in total. The molecule has 0 radical (unpaired) electrons. The van der Waals surface area contributed by atoms with Crippen molar-refractivity contribution >= 4 is 79.0 Å². The number of nitrogens with two attached hydrogens (primary N) is 3. The minimum Gasteiger partial charge on any atom is -0.394 e. The average Bonchev–Trinajstić information content (AvgIpc) is 1.61. The molecule has 21 N–H and O–H groups in total. The van der Waals surface area contributed by atoms with Gasteiger partial charge in [-0.05, 0) is 19.9 Å². The van der Waals surface area contributed by atoms with Crippen molar-refractivity contribution in [1.82, 2.24) is 77.2 Å². The molecule has 8 aromatic heterocycles. The fourth-order valence-electron chi connectivity index (χ4n) is 13.8. The van der Waals surface area contributed by atoms with Crippen LogP contribution >= 0.6 is 39.1 Å². The number of aromatic amines is 4. The lowest BCUT2D eigenvalue weighted by atomic mass is 10.1. The van der Waals surface area contributed by atoms with Gasteiger partial charge in [0.1, 0.15) is 122 Å². The lowest BCUT2D eigenvalue weighted by Crippen LogP contribution is -2.39. The third-order valence-electron chi connectivity index (χ3n) is 19.6. The standard InChI is InChI=1S/C58H74N19O40P5/c1-20-9-74(57(90)70-47(20)85)32-7-22(79)25(107-32)12-102-118(92,93)113-23-8-33(75-10-21(2)48(86)71-58(75)91)108-26(23)13-103-119(94,95)115-41-27(110-50(37(41)82)72-5-3-30(59)66-55(72)88)15-105-122(100,101)117-43-29(112-53(39(43)84)77-19-65-35-46(77)68-54(61)69-49(35)87)16-106-121(98,99)116-42-28(111-51(38(42)83)73-6-4-31(80)67-56(73)89)14-104-120(96,97)114-40-24(11-78)109-52(36(40)81)76-18-64-34-44(60)62-17-63-45(34)76/h3-6,9-10,17-19,22-29,32-33,36-43,50-53,78-79,81-84H,7-8,11-16H2,1-2H3,(H,92,93)(H,94,95)(H,96,97)(H,98,99)(H,100,101)(H2,59,66,88)(H2,60,62,63)(H,67,80,89)(H,70,85,90)(H,71,86,91)(H3,61,68,69,87)/t22-,23-,24+,25+,26+,27+,28+,29+,32+,33+,36+,37+,38+,39+,40+,41+,42+,43+,50+,51+,52+,53+/m0/s1. The van der Waals surface area contributed by atoms with Crippen LogP contribution in [-0.2, 0) is 96.5 Å². The molecule has 0 aliphatic carbocycles. The second-order valence-electron chi connectivity index (χ2n) is 27.8. The highest BCUT2D eigenvalue weighted by Gasteiger charge is 2.57. The largest absolute Gasteiger partial charge is 0.472 e. The summed E-state index contributed by atoms with van der Waals surface area (Å²) in [5.41, 5.74) is 8.59. The van der Waals surface area contributed by atoms with Gasteiger partial charge in [0.25, 0.3) is 22.2 Å². The number of rotatable bonds is 32. The normalized spacial score (nSPS) is 31.8. The Hall–Kier alpha value is -8.71. The van der Waals surface area contributed by atoms with E-state index in [0.717, 1.165) is 74.2 Å². The Balaban J connectivity index is 0.681. The Morgan fingerprint density at radius 3 is 1.37 bits per heavy atom. The molecule has 14 rings (SSSR count). The van der Waals surface area contributed by atoms with Crippen LogP contribution in [0.3, 0.4) is 0 Å². The number of phosphoric acid groups is 5. The number of ether oxygens (including phenoxy) is 6. The number of aryl methyl sites for hydroxylation is 2. The molecule has 6 aliphatic rings. The van der Waals surface area contributed by atoms with Gasteiger partial charge in [-0.25, -0.2) is 61.9 Å². The lowest BCUT2D eigenvalue weighted by Gasteiger charge is -2.27. The fourth-order valence-corrected chi connectivity index (χ4v) is 18.7. The molecule has 27 atom stereocenters. The summed E-state index contributed by atoms with van der Waals surface area (Å²) in [7, 11) is -28.9. The summed E-state index contributed by atoms with van der Waals surface area (Å²) in [6.45, 7) is -4.68. The Kier molecular flexibility index (Phi) is 25.7. The monoisotopic (exact) mass is 1830 g/mol. The highest BCUT2D eigenvalue weighted by molar-refractivity contribution is 7.48. The zero-order valence-corrected chi connectivity index (χ0v) is 66.6. The zero-order valence-electron chi connectivity index (χ0n) is 62.1. The van der Waals surface area contributed by atoms with E-state index in [-0.39, 0.29) is 40.3 Å². The van der Waals surface area contributed by atoms with Gasteiger partial charge in [0.2, 0.25) is 5.95 Å². The molecule has 64 heteroatoms. The third kappa shape index (κ3) is 19.1. The van der Waals surface area contributed by atoms with Crippen molar-refractivity contribution in [2.45, 2.75) is 162 Å². The van der Waals surface area contributed by atoms with Gasteiger partial charge >= 0.3 is 61.9 Å². The van der Waals surface area contributed by atoms with Crippen LogP contribution in [-0.4, -0.2) is 270 Å². The molecule has 8 aromatic rings. The molecule has 0 bridgehead atoms. The van der Waals surface area contributed by atoms with Crippen LogP contribution in [0, 0.1) is 13.8 Å². The van der Waals surface area contributed by atoms with E-state index in [9.17, 15) is 116 Å². The Bertz CT molecular complexity index is 6040. The SMILES string of the molecule is Cc1cn([C@H]2C[C@H](OP(=O)(O)OC[C@H]3O[C@@H](n4cc(C)c(=O)[nH]c4=O)C[C@@H]3O)[C@@H](COP(=O)(O)O[C@H]3[C@@H](O)[C@H](n4ccc(N)nc4=O)O[C@@H]3COP(=O)(O)O[C@H]3[C@@H](O)[C@H](n4cnc5c(=O)[nH]c(N)nc54)O[C@@H]3COP(=O)(O)O[C@H]3[C@@H](O)[C@H](n4ccc(=O)[nH]c4=O)O[C@@H]3COP(=O)(O)O[C@H]3[C@@H](O)[C@H](n4cnc5c(N)ncnc54)O[C@@H]3CO)O2)c(=O)[nH]c1=O. The number of phosphoric ester groups is 5. The first-order valence-electron chi connectivity index (χ1n) is 35.6. The summed E-state index contributed by atoms with van der Waals surface area (Å²) >= 11 is 0. The van der Waals surface area contributed by atoms with Gasteiger partial charge in [0.15, 0.2) is 47.5 Å². The van der Waals surface area contributed by atoms with Gasteiger partial charge in [0, 0.05) is 54.8 Å². The minimum absolute atomic E-state index is 0.00872. The van der Waals surface area contributed by atoms with E-state index in [1.807, 2.05) is 9.97 Å². The molecule has 0 spiro atoms. The maximum absolute atomic E-state index is 14.5. The number of hydrogen-bond acceptors (Lipinski definition) is 44. The summed E-state index contributed by atoms with van der Waals surface area (Å²) < 4.78 is 164. The predicted molar refractivity (Wildman–Crippen MR) is 392 cm³/mol. The zero-order chi connectivity index (χ0) is 87.9. The first-order valence-corrected chi connectivity index (χ1v) is 43.1. The van der Waals surface area contributed by atoms with E-state index < -0.39 is 282 Å². The molecule has 666 valence electrons. The lowest BCUT2D eigenvalue weighted by molar-refractivity contribution is -0.0658. The molecule has 6 aliphatic heterocycles. The molecular weight excluding hydrogens is 1760 g/mol. The van der Waals surface area contributed by atoms with Crippen LogP contribution in [0.5, 0.6) is 0 Å². The van der Waals surface area contributed by atoms with Crippen LogP contribution < -0.4 is 62.2 Å². The number of aromatic nitrogens is 16. The second-order valence-corrected chi connectivity index (χ2v) is 34.9. The van der Waals surface area contributed by atoms with Crippen LogP contribution in [0.15, 0.2) is 94.3 Å². The van der Waals surface area contributed by atoms with Crippen LogP contribution in [0.1, 0.15) is 61.3 Å². The van der Waals surface area contributed by atoms with Crippen molar-refractivity contribution < 1.29 is 152 Å². The van der Waals surface area contributed by atoms with Gasteiger partial charge in [-0.1, -0.05) is 0 Å². The van der Waals surface area contributed by atoms with E-state index in [1.165, 1.54) is 13.8 Å². The maximum atomic E-state index is 14.5. The molecule has 0 aromatic carbocycles. The number of anilines is 3. The summed E-state index contributed by atoms with van der Waals surface area (Å²) in [5, 5.41) is 68.2. The molecule has 5 unspecified atom stereocenters. The Labute approximate surface area is 674 Å². The number of H-pyrrole nitrogens is 4.